The fraction of sp³-hybridized carbons (Fsp3) is 0.600. The van der Waals surface area contributed by atoms with Gasteiger partial charge >= 0.3 is 0 Å². The molecule has 1 rings (SSSR count). The minimum absolute atomic E-state index is 0.587. The lowest BCUT2D eigenvalue weighted by Crippen LogP contribution is -2.01. The van der Waals surface area contributed by atoms with E-state index in [0.717, 1.165) is 29.4 Å². The zero-order valence-electron chi connectivity index (χ0n) is 8.79. The Labute approximate surface area is 89.5 Å². The minimum Gasteiger partial charge on any atom is -0.384 e. The summed E-state index contributed by atoms with van der Waals surface area (Å²) in [6, 6.07) is 1.84. The van der Waals surface area contributed by atoms with Crippen LogP contribution in [-0.2, 0) is 12.2 Å². The van der Waals surface area contributed by atoms with E-state index in [0.29, 0.717) is 5.82 Å². The Morgan fingerprint density at radius 1 is 1.36 bits per heavy atom. The number of rotatable bonds is 5. The zero-order chi connectivity index (χ0) is 10.4. The van der Waals surface area contributed by atoms with Crippen LogP contribution in [0.5, 0.6) is 0 Å². The molecule has 0 amide bonds. The third-order valence-electron chi connectivity index (χ3n) is 1.79. The maximum atomic E-state index is 5.68. The quantitative estimate of drug-likeness (QED) is 0.759. The molecule has 0 saturated heterocycles. The van der Waals surface area contributed by atoms with Gasteiger partial charge in [0.25, 0.3) is 0 Å². The van der Waals surface area contributed by atoms with Crippen molar-refractivity contribution < 1.29 is 0 Å². The van der Waals surface area contributed by atoms with E-state index in [2.05, 4.69) is 23.8 Å². The third-order valence-corrected chi connectivity index (χ3v) is 2.95. The highest BCUT2D eigenvalue weighted by Gasteiger charge is 2.01. The van der Waals surface area contributed by atoms with E-state index in [4.69, 9.17) is 5.73 Å². The summed E-state index contributed by atoms with van der Waals surface area (Å²) in [6.45, 7) is 4.25. The van der Waals surface area contributed by atoms with Gasteiger partial charge in [-0.05, 0) is 18.6 Å². The molecule has 0 radical (unpaired) electrons. The van der Waals surface area contributed by atoms with Crippen LogP contribution >= 0.6 is 11.8 Å². The highest BCUT2D eigenvalue weighted by atomic mass is 32.2. The van der Waals surface area contributed by atoms with Crippen LogP contribution in [0.15, 0.2) is 6.07 Å². The van der Waals surface area contributed by atoms with Crippen LogP contribution in [0.4, 0.5) is 5.82 Å². The van der Waals surface area contributed by atoms with Crippen molar-refractivity contribution in [2.45, 2.75) is 32.4 Å². The van der Waals surface area contributed by atoms with E-state index >= 15 is 0 Å². The van der Waals surface area contributed by atoms with Gasteiger partial charge < -0.3 is 5.73 Å². The monoisotopic (exact) mass is 211 g/mol. The standard InChI is InChI=1S/C10H17N3S/c1-3-5-14-7-10-12-8(4-2)6-9(11)13-10/h6H,3-5,7H2,1-2H3,(H2,11,12,13). The molecule has 1 aromatic heterocycles. The molecular formula is C10H17N3S. The smallest absolute Gasteiger partial charge is 0.140 e. The highest BCUT2D eigenvalue weighted by molar-refractivity contribution is 7.98. The molecule has 2 N–H and O–H groups in total. The number of aromatic nitrogens is 2. The van der Waals surface area contributed by atoms with E-state index in [9.17, 15) is 0 Å². The Hall–Kier alpha value is -0.770. The van der Waals surface area contributed by atoms with Gasteiger partial charge in [-0.25, -0.2) is 9.97 Å². The Morgan fingerprint density at radius 3 is 2.79 bits per heavy atom. The van der Waals surface area contributed by atoms with Crippen molar-refractivity contribution in [3.8, 4) is 0 Å². The number of aryl methyl sites for hydroxylation is 1. The van der Waals surface area contributed by atoms with Crippen LogP contribution in [0.25, 0.3) is 0 Å². The van der Waals surface area contributed by atoms with Crippen LogP contribution < -0.4 is 5.73 Å². The van der Waals surface area contributed by atoms with Gasteiger partial charge in [-0.3, -0.25) is 0 Å². The van der Waals surface area contributed by atoms with Crippen LogP contribution in [-0.4, -0.2) is 15.7 Å². The molecule has 0 fully saturated rings. The van der Waals surface area contributed by atoms with Gasteiger partial charge in [0.2, 0.25) is 0 Å². The lowest BCUT2D eigenvalue weighted by Gasteiger charge is -2.03. The molecule has 0 aliphatic heterocycles. The maximum Gasteiger partial charge on any atom is 0.140 e. The van der Waals surface area contributed by atoms with Crippen LogP contribution in [0.2, 0.25) is 0 Å². The highest BCUT2D eigenvalue weighted by Crippen LogP contribution is 2.11. The average Bonchev–Trinajstić information content (AvgIpc) is 2.17. The molecule has 0 unspecified atom stereocenters. The first-order chi connectivity index (χ1) is 6.76. The van der Waals surface area contributed by atoms with E-state index in [1.54, 1.807) is 0 Å². The van der Waals surface area contributed by atoms with Crippen molar-refractivity contribution in [3.63, 3.8) is 0 Å². The van der Waals surface area contributed by atoms with Crippen molar-refractivity contribution >= 4 is 17.6 Å². The van der Waals surface area contributed by atoms with Crippen molar-refractivity contribution in [2.24, 2.45) is 0 Å². The molecule has 1 heterocycles. The number of nitrogens with zero attached hydrogens (tertiary/aromatic N) is 2. The molecule has 0 bridgehead atoms. The van der Waals surface area contributed by atoms with Gasteiger partial charge in [0.1, 0.15) is 11.6 Å². The SMILES string of the molecule is CCCSCc1nc(N)cc(CC)n1. The van der Waals surface area contributed by atoms with Crippen molar-refractivity contribution in [2.75, 3.05) is 11.5 Å². The second-order valence-electron chi connectivity index (χ2n) is 3.11. The Balaban J connectivity index is 2.62. The second-order valence-corrected chi connectivity index (χ2v) is 4.21. The molecule has 0 atom stereocenters. The molecule has 0 aromatic carbocycles. The zero-order valence-corrected chi connectivity index (χ0v) is 9.60. The third kappa shape index (κ3) is 3.54. The Morgan fingerprint density at radius 2 is 2.14 bits per heavy atom. The lowest BCUT2D eigenvalue weighted by atomic mass is 10.3. The summed E-state index contributed by atoms with van der Waals surface area (Å²) in [7, 11) is 0. The first-order valence-electron chi connectivity index (χ1n) is 4.96. The van der Waals surface area contributed by atoms with Gasteiger partial charge in [0.05, 0.1) is 5.75 Å². The van der Waals surface area contributed by atoms with E-state index in [1.807, 2.05) is 17.8 Å². The average molecular weight is 211 g/mol. The second kappa shape index (κ2) is 5.86. The molecule has 0 saturated carbocycles. The first-order valence-corrected chi connectivity index (χ1v) is 6.11. The van der Waals surface area contributed by atoms with Crippen LogP contribution in [0, 0.1) is 0 Å². The summed E-state index contributed by atoms with van der Waals surface area (Å²) in [5.74, 6) is 3.47. The number of thioether (sulfide) groups is 1. The van der Waals surface area contributed by atoms with Crippen molar-refractivity contribution in [1.29, 1.82) is 0 Å². The predicted molar refractivity (Wildman–Crippen MR) is 62.3 cm³/mol. The van der Waals surface area contributed by atoms with Crippen LogP contribution in [0.1, 0.15) is 31.8 Å². The van der Waals surface area contributed by atoms with E-state index < -0.39 is 0 Å². The first kappa shape index (κ1) is 11.3. The topological polar surface area (TPSA) is 51.8 Å². The molecule has 0 aliphatic rings. The summed E-state index contributed by atoms with van der Waals surface area (Å²) in [5.41, 5.74) is 6.71. The summed E-state index contributed by atoms with van der Waals surface area (Å²) >= 11 is 1.85. The largest absolute Gasteiger partial charge is 0.384 e. The van der Waals surface area contributed by atoms with Gasteiger partial charge in [-0.1, -0.05) is 13.8 Å². The normalized spacial score (nSPS) is 10.4. The molecule has 0 aliphatic carbocycles. The number of nitrogens with two attached hydrogens (primary N) is 1. The van der Waals surface area contributed by atoms with Gasteiger partial charge in [0.15, 0.2) is 0 Å². The van der Waals surface area contributed by atoms with E-state index in [1.165, 1.54) is 6.42 Å². The molecule has 78 valence electrons. The molecule has 3 nitrogen and oxygen atoms in total. The summed E-state index contributed by atoms with van der Waals surface area (Å²) < 4.78 is 0. The Bertz CT molecular complexity index is 289. The summed E-state index contributed by atoms with van der Waals surface area (Å²) in [6.07, 6.45) is 2.10. The minimum atomic E-state index is 0.587. The summed E-state index contributed by atoms with van der Waals surface area (Å²) in [4.78, 5) is 8.61. The molecular weight excluding hydrogens is 194 g/mol. The van der Waals surface area contributed by atoms with Gasteiger partial charge in [-0.2, -0.15) is 11.8 Å². The molecule has 0 spiro atoms. The number of hydrogen-bond acceptors (Lipinski definition) is 4. The predicted octanol–water partition coefficient (Wildman–Crippen LogP) is 2.26. The van der Waals surface area contributed by atoms with Crippen molar-refractivity contribution in [1.82, 2.24) is 9.97 Å². The van der Waals surface area contributed by atoms with E-state index in [-0.39, 0.29) is 0 Å². The molecule has 4 heteroatoms. The van der Waals surface area contributed by atoms with Crippen molar-refractivity contribution in [3.05, 3.63) is 17.6 Å². The number of nitrogen functional groups attached to an aromatic ring is 1. The Kier molecular flexibility index (Phi) is 4.73. The number of anilines is 1. The molecule has 14 heavy (non-hydrogen) atoms. The van der Waals surface area contributed by atoms with Crippen LogP contribution in [0.3, 0.4) is 0 Å². The fourth-order valence-electron chi connectivity index (χ4n) is 1.13. The lowest BCUT2D eigenvalue weighted by molar-refractivity contribution is 0.944. The molecule has 1 aromatic rings. The van der Waals surface area contributed by atoms with Gasteiger partial charge in [0, 0.05) is 11.8 Å². The summed E-state index contributed by atoms with van der Waals surface area (Å²) in [5, 5.41) is 0. The maximum absolute atomic E-state index is 5.68. The van der Waals surface area contributed by atoms with Gasteiger partial charge in [-0.15, -0.1) is 0 Å². The number of hydrogen-bond donors (Lipinski definition) is 1. The fourth-order valence-corrected chi connectivity index (χ4v) is 1.87.